The first-order chi connectivity index (χ1) is 9.81. The van der Waals surface area contributed by atoms with Crippen molar-refractivity contribution in [3.05, 3.63) is 67.6 Å². The number of aryl methyl sites for hydroxylation is 2. The lowest BCUT2D eigenvalue weighted by Crippen LogP contribution is -2.19. The third-order valence-corrected chi connectivity index (χ3v) is 3.13. The Kier molecular flexibility index (Phi) is 3.58. The molecule has 0 aliphatic heterocycles. The van der Waals surface area contributed by atoms with Crippen molar-refractivity contribution in [2.24, 2.45) is 0 Å². The van der Waals surface area contributed by atoms with E-state index in [9.17, 15) is 19.7 Å². The molecule has 1 heterocycles. The number of nitro groups is 1. The molecule has 1 aromatic carbocycles. The van der Waals surface area contributed by atoms with E-state index in [-0.39, 0.29) is 11.3 Å². The van der Waals surface area contributed by atoms with Crippen molar-refractivity contribution in [3.63, 3.8) is 0 Å². The van der Waals surface area contributed by atoms with E-state index in [1.807, 2.05) is 0 Å². The molecule has 0 spiro atoms. The summed E-state index contributed by atoms with van der Waals surface area (Å²) in [7, 11) is 0. The van der Waals surface area contributed by atoms with Crippen LogP contribution < -0.4 is 5.56 Å². The summed E-state index contributed by atoms with van der Waals surface area (Å²) in [6.07, 6.45) is 1.21. The molecule has 2 rings (SSSR count). The van der Waals surface area contributed by atoms with E-state index >= 15 is 0 Å². The first-order valence-corrected chi connectivity index (χ1v) is 6.03. The molecule has 7 heteroatoms. The molecule has 1 aromatic heterocycles. The number of carbonyl (C=O) groups is 1. The van der Waals surface area contributed by atoms with Crippen molar-refractivity contribution in [2.75, 3.05) is 0 Å². The Bertz CT molecular complexity index is 807. The van der Waals surface area contributed by atoms with E-state index in [0.29, 0.717) is 16.8 Å². The Labute approximate surface area is 119 Å². The van der Waals surface area contributed by atoms with Gasteiger partial charge in [-0.15, -0.1) is 0 Å². The van der Waals surface area contributed by atoms with Crippen LogP contribution in [0.15, 0.2) is 35.3 Å². The summed E-state index contributed by atoms with van der Waals surface area (Å²) in [5.41, 5.74) is 0.844. The molecule has 1 N–H and O–H groups in total. The predicted molar refractivity (Wildman–Crippen MR) is 75.1 cm³/mol. The standard InChI is InChI=1S/C14H12N2O5/c1-8-6-12(16(20)21)9(2)5-11(8)15-7-10(14(18)19)3-4-13(15)17/h3-7H,1-2H3,(H,18,19). The van der Waals surface area contributed by atoms with Gasteiger partial charge in [-0.05, 0) is 31.5 Å². The van der Waals surface area contributed by atoms with Gasteiger partial charge in [-0.1, -0.05) is 0 Å². The molecule has 7 nitrogen and oxygen atoms in total. The fourth-order valence-corrected chi connectivity index (χ4v) is 2.04. The minimum atomic E-state index is -1.15. The molecule has 0 saturated heterocycles. The fraction of sp³-hybridized carbons (Fsp3) is 0.143. The van der Waals surface area contributed by atoms with Gasteiger partial charge in [-0.25, -0.2) is 4.79 Å². The fourth-order valence-electron chi connectivity index (χ4n) is 2.04. The first kappa shape index (κ1) is 14.4. The van der Waals surface area contributed by atoms with Crippen molar-refractivity contribution in [3.8, 4) is 5.69 Å². The van der Waals surface area contributed by atoms with E-state index in [0.717, 1.165) is 6.07 Å². The smallest absolute Gasteiger partial charge is 0.337 e. The minimum Gasteiger partial charge on any atom is -0.478 e. The highest BCUT2D eigenvalue weighted by Gasteiger charge is 2.15. The van der Waals surface area contributed by atoms with E-state index < -0.39 is 16.5 Å². The lowest BCUT2D eigenvalue weighted by Gasteiger charge is -2.11. The normalized spacial score (nSPS) is 10.4. The second-order valence-corrected chi connectivity index (χ2v) is 4.61. The van der Waals surface area contributed by atoms with Crippen LogP contribution in [0.25, 0.3) is 5.69 Å². The summed E-state index contributed by atoms with van der Waals surface area (Å²) >= 11 is 0. The van der Waals surface area contributed by atoms with Gasteiger partial charge in [0.15, 0.2) is 0 Å². The lowest BCUT2D eigenvalue weighted by atomic mass is 10.1. The van der Waals surface area contributed by atoms with Crippen LogP contribution in [0.5, 0.6) is 0 Å². The van der Waals surface area contributed by atoms with Gasteiger partial charge in [-0.3, -0.25) is 19.5 Å². The van der Waals surface area contributed by atoms with Crippen LogP contribution >= 0.6 is 0 Å². The van der Waals surface area contributed by atoms with Gasteiger partial charge < -0.3 is 5.11 Å². The van der Waals surface area contributed by atoms with Crippen LogP contribution in [0.2, 0.25) is 0 Å². The molecule has 2 aromatic rings. The molecule has 0 bridgehead atoms. The second kappa shape index (κ2) is 5.20. The average Bonchev–Trinajstić information content (AvgIpc) is 2.41. The minimum absolute atomic E-state index is 0.0370. The number of hydrogen-bond donors (Lipinski definition) is 1. The second-order valence-electron chi connectivity index (χ2n) is 4.61. The molecule has 0 fully saturated rings. The van der Waals surface area contributed by atoms with Gasteiger partial charge in [0.2, 0.25) is 0 Å². The Morgan fingerprint density at radius 3 is 2.48 bits per heavy atom. The SMILES string of the molecule is Cc1cc([N+](=O)[O-])c(C)cc1-n1cc(C(=O)O)ccc1=O. The summed E-state index contributed by atoms with van der Waals surface area (Å²) in [4.78, 5) is 33.3. The van der Waals surface area contributed by atoms with Crippen LogP contribution in [-0.4, -0.2) is 20.6 Å². The number of carboxylic acid groups (broad SMARTS) is 1. The molecule has 0 aliphatic rings. The number of aromatic nitrogens is 1. The average molecular weight is 288 g/mol. The van der Waals surface area contributed by atoms with E-state index in [1.165, 1.54) is 29.0 Å². The van der Waals surface area contributed by atoms with Gasteiger partial charge in [0.25, 0.3) is 11.2 Å². The monoisotopic (exact) mass is 288 g/mol. The zero-order valence-electron chi connectivity index (χ0n) is 11.4. The molecular weight excluding hydrogens is 276 g/mol. The van der Waals surface area contributed by atoms with Gasteiger partial charge >= 0.3 is 5.97 Å². The number of aromatic carboxylic acids is 1. The number of pyridine rings is 1. The number of rotatable bonds is 3. The number of hydrogen-bond acceptors (Lipinski definition) is 4. The van der Waals surface area contributed by atoms with Crippen LogP contribution in [0.3, 0.4) is 0 Å². The quantitative estimate of drug-likeness (QED) is 0.687. The van der Waals surface area contributed by atoms with Gasteiger partial charge in [0, 0.05) is 23.9 Å². The van der Waals surface area contributed by atoms with Crippen LogP contribution in [0.4, 0.5) is 5.69 Å². The van der Waals surface area contributed by atoms with E-state index in [2.05, 4.69) is 0 Å². The molecule has 108 valence electrons. The van der Waals surface area contributed by atoms with Crippen molar-refractivity contribution in [1.29, 1.82) is 0 Å². The molecule has 0 amide bonds. The van der Waals surface area contributed by atoms with Gasteiger partial charge in [-0.2, -0.15) is 0 Å². The zero-order valence-corrected chi connectivity index (χ0v) is 11.4. The highest BCUT2D eigenvalue weighted by atomic mass is 16.6. The Morgan fingerprint density at radius 1 is 1.24 bits per heavy atom. The summed E-state index contributed by atoms with van der Waals surface area (Å²) in [5, 5.41) is 19.9. The highest BCUT2D eigenvalue weighted by molar-refractivity contribution is 5.87. The van der Waals surface area contributed by atoms with E-state index in [4.69, 9.17) is 5.11 Å². The zero-order chi connectivity index (χ0) is 15.7. The molecule has 21 heavy (non-hydrogen) atoms. The Hall–Kier alpha value is -2.96. The number of nitro benzene ring substituents is 1. The molecule has 0 radical (unpaired) electrons. The third-order valence-electron chi connectivity index (χ3n) is 3.13. The topological polar surface area (TPSA) is 102 Å². The largest absolute Gasteiger partial charge is 0.478 e. The van der Waals surface area contributed by atoms with Crippen LogP contribution in [0, 0.1) is 24.0 Å². The van der Waals surface area contributed by atoms with Crippen molar-refractivity contribution in [1.82, 2.24) is 4.57 Å². The van der Waals surface area contributed by atoms with Gasteiger partial charge in [0.1, 0.15) is 0 Å². The maximum Gasteiger partial charge on any atom is 0.337 e. The molecule has 0 aliphatic carbocycles. The van der Waals surface area contributed by atoms with Gasteiger partial charge in [0.05, 0.1) is 16.2 Å². The van der Waals surface area contributed by atoms with Crippen molar-refractivity contribution < 1.29 is 14.8 Å². The third kappa shape index (κ3) is 2.66. The molecule has 0 atom stereocenters. The molecule has 0 unspecified atom stereocenters. The maximum atomic E-state index is 11.9. The summed E-state index contributed by atoms with van der Waals surface area (Å²) in [6.45, 7) is 3.19. The van der Waals surface area contributed by atoms with E-state index in [1.54, 1.807) is 13.8 Å². The predicted octanol–water partition coefficient (Wildman–Crippen LogP) is 2.06. The number of benzene rings is 1. The van der Waals surface area contributed by atoms with Crippen LogP contribution in [0.1, 0.15) is 21.5 Å². The lowest BCUT2D eigenvalue weighted by molar-refractivity contribution is -0.385. The highest BCUT2D eigenvalue weighted by Crippen LogP contribution is 2.24. The van der Waals surface area contributed by atoms with Crippen molar-refractivity contribution in [2.45, 2.75) is 13.8 Å². The summed E-state index contributed by atoms with van der Waals surface area (Å²) < 4.78 is 1.18. The maximum absolute atomic E-state index is 11.9. The Balaban J connectivity index is 2.70. The first-order valence-electron chi connectivity index (χ1n) is 6.03. The molecular formula is C14H12N2O5. The number of nitrogens with zero attached hydrogens (tertiary/aromatic N) is 2. The molecule has 0 saturated carbocycles. The number of carboxylic acids is 1. The summed E-state index contributed by atoms with van der Waals surface area (Å²) in [5.74, 6) is -1.15. The summed E-state index contributed by atoms with van der Waals surface area (Å²) in [6, 6.07) is 5.24. The van der Waals surface area contributed by atoms with Crippen LogP contribution in [-0.2, 0) is 0 Å². The van der Waals surface area contributed by atoms with Crippen molar-refractivity contribution >= 4 is 11.7 Å². The Morgan fingerprint density at radius 2 is 1.90 bits per heavy atom.